The highest BCUT2D eigenvalue weighted by molar-refractivity contribution is 5.95. The third kappa shape index (κ3) is 5.04. The third-order valence-electron chi connectivity index (χ3n) is 3.38. The summed E-state index contributed by atoms with van der Waals surface area (Å²) in [6.45, 7) is 4.54. The average molecular weight is 339 g/mol. The van der Waals surface area contributed by atoms with Crippen LogP contribution in [0.5, 0.6) is 17.2 Å². The number of rotatable bonds is 9. The van der Waals surface area contributed by atoms with E-state index in [0.29, 0.717) is 29.4 Å². The zero-order valence-electron chi connectivity index (χ0n) is 14.8. The number of nitrogens with zero attached hydrogens (tertiary/aromatic N) is 1. The molecule has 0 radical (unpaired) electrons. The van der Waals surface area contributed by atoms with Gasteiger partial charge >= 0.3 is 5.97 Å². The molecule has 0 spiro atoms. The Hall–Kier alpha value is -2.44. The van der Waals surface area contributed by atoms with Crippen molar-refractivity contribution in [1.29, 1.82) is 0 Å². The molecule has 24 heavy (non-hydrogen) atoms. The minimum atomic E-state index is -0.943. The van der Waals surface area contributed by atoms with Crippen molar-refractivity contribution >= 4 is 11.9 Å². The Balaban J connectivity index is 3.19. The predicted octanol–water partition coefficient (Wildman–Crippen LogP) is 2.29. The van der Waals surface area contributed by atoms with Crippen molar-refractivity contribution in [1.82, 2.24) is 4.90 Å². The van der Waals surface area contributed by atoms with Gasteiger partial charge in [0, 0.05) is 18.7 Å². The summed E-state index contributed by atoms with van der Waals surface area (Å²) in [5.74, 6) is 0.152. The van der Waals surface area contributed by atoms with Crippen molar-refractivity contribution in [2.75, 3.05) is 34.4 Å². The van der Waals surface area contributed by atoms with Gasteiger partial charge in [-0.3, -0.25) is 9.59 Å². The monoisotopic (exact) mass is 339 g/mol. The lowest BCUT2D eigenvalue weighted by molar-refractivity contribution is -0.137. The van der Waals surface area contributed by atoms with Gasteiger partial charge < -0.3 is 24.2 Å². The molecule has 1 rings (SSSR count). The zero-order chi connectivity index (χ0) is 18.3. The molecule has 0 saturated heterocycles. The topological polar surface area (TPSA) is 85.3 Å². The summed E-state index contributed by atoms with van der Waals surface area (Å²) in [5, 5.41) is 8.89. The lowest BCUT2D eigenvalue weighted by Gasteiger charge is -2.25. The second-order valence-electron chi connectivity index (χ2n) is 5.70. The molecule has 7 nitrogen and oxygen atoms in total. The maximum atomic E-state index is 12.8. The number of methoxy groups -OCH3 is 3. The molecule has 0 aliphatic heterocycles. The summed E-state index contributed by atoms with van der Waals surface area (Å²) in [5.41, 5.74) is 0.357. The van der Waals surface area contributed by atoms with Crippen molar-refractivity contribution in [3.63, 3.8) is 0 Å². The van der Waals surface area contributed by atoms with E-state index >= 15 is 0 Å². The smallest absolute Gasteiger partial charge is 0.305 e. The first-order chi connectivity index (χ1) is 11.3. The summed E-state index contributed by atoms with van der Waals surface area (Å²) >= 11 is 0. The molecule has 0 aliphatic carbocycles. The zero-order valence-corrected chi connectivity index (χ0v) is 14.8. The van der Waals surface area contributed by atoms with Gasteiger partial charge in [0.05, 0.1) is 27.8 Å². The molecule has 7 heteroatoms. The van der Waals surface area contributed by atoms with E-state index < -0.39 is 5.97 Å². The molecule has 0 atom stereocenters. The van der Waals surface area contributed by atoms with Gasteiger partial charge in [-0.25, -0.2) is 0 Å². The second-order valence-corrected chi connectivity index (χ2v) is 5.70. The van der Waals surface area contributed by atoms with E-state index in [1.54, 1.807) is 12.1 Å². The molecular formula is C17H25NO6. The number of carbonyl (C=O) groups is 2. The molecule has 0 fully saturated rings. The number of carboxylic acid groups (broad SMARTS) is 1. The van der Waals surface area contributed by atoms with Gasteiger partial charge in [-0.1, -0.05) is 13.8 Å². The molecule has 0 saturated carbocycles. The predicted molar refractivity (Wildman–Crippen MR) is 89.1 cm³/mol. The Bertz CT molecular complexity index is 559. The average Bonchev–Trinajstić information content (AvgIpc) is 2.55. The van der Waals surface area contributed by atoms with Crippen LogP contribution >= 0.6 is 0 Å². The van der Waals surface area contributed by atoms with Gasteiger partial charge in [0.15, 0.2) is 11.5 Å². The fourth-order valence-corrected chi connectivity index (χ4v) is 2.33. The number of amides is 1. The summed E-state index contributed by atoms with van der Waals surface area (Å²) in [6, 6.07) is 3.13. The highest BCUT2D eigenvalue weighted by atomic mass is 16.5. The van der Waals surface area contributed by atoms with Gasteiger partial charge in [0.25, 0.3) is 5.91 Å². The Morgan fingerprint density at radius 3 is 2.00 bits per heavy atom. The van der Waals surface area contributed by atoms with Crippen LogP contribution in [0.3, 0.4) is 0 Å². The highest BCUT2D eigenvalue weighted by Gasteiger charge is 2.22. The van der Waals surface area contributed by atoms with Crippen molar-refractivity contribution in [3.8, 4) is 17.2 Å². The number of ether oxygens (including phenoxy) is 3. The van der Waals surface area contributed by atoms with Gasteiger partial charge in [0.2, 0.25) is 5.75 Å². The number of hydrogen-bond donors (Lipinski definition) is 1. The van der Waals surface area contributed by atoms with Gasteiger partial charge in [-0.15, -0.1) is 0 Å². The first kappa shape index (κ1) is 19.6. The van der Waals surface area contributed by atoms with E-state index in [1.807, 2.05) is 13.8 Å². The molecule has 0 aliphatic rings. The van der Waals surface area contributed by atoms with E-state index in [-0.39, 0.29) is 24.8 Å². The SMILES string of the molecule is COc1cc(C(=O)N(CCC(=O)O)CC(C)C)cc(OC)c1OC. The number of hydrogen-bond acceptors (Lipinski definition) is 5. The van der Waals surface area contributed by atoms with Crippen LogP contribution < -0.4 is 14.2 Å². The fraction of sp³-hybridized carbons (Fsp3) is 0.529. The Morgan fingerprint density at radius 1 is 1.08 bits per heavy atom. The van der Waals surface area contributed by atoms with E-state index in [0.717, 1.165) is 0 Å². The van der Waals surface area contributed by atoms with E-state index in [1.165, 1.54) is 26.2 Å². The van der Waals surface area contributed by atoms with Crippen molar-refractivity contribution in [3.05, 3.63) is 17.7 Å². The minimum absolute atomic E-state index is 0.108. The summed E-state index contributed by atoms with van der Waals surface area (Å²) in [7, 11) is 4.43. The van der Waals surface area contributed by atoms with Gasteiger partial charge in [0.1, 0.15) is 0 Å². The van der Waals surface area contributed by atoms with Gasteiger partial charge in [-0.05, 0) is 18.1 Å². The molecule has 0 bridgehead atoms. The lowest BCUT2D eigenvalue weighted by Crippen LogP contribution is -2.36. The first-order valence-corrected chi connectivity index (χ1v) is 7.65. The minimum Gasteiger partial charge on any atom is -0.493 e. The van der Waals surface area contributed by atoms with Crippen LogP contribution in [0.25, 0.3) is 0 Å². The summed E-state index contributed by atoms with van der Waals surface area (Å²) < 4.78 is 15.8. The molecule has 0 heterocycles. The Kier molecular flexibility index (Phi) is 7.35. The second kappa shape index (κ2) is 9.00. The van der Waals surface area contributed by atoms with Gasteiger partial charge in [-0.2, -0.15) is 0 Å². The number of benzene rings is 1. The van der Waals surface area contributed by atoms with Crippen molar-refractivity contribution in [2.24, 2.45) is 5.92 Å². The molecule has 1 amide bonds. The van der Waals surface area contributed by atoms with Crippen molar-refractivity contribution < 1.29 is 28.9 Å². The molecule has 1 aromatic rings. The van der Waals surface area contributed by atoms with E-state index in [2.05, 4.69) is 0 Å². The van der Waals surface area contributed by atoms with E-state index in [4.69, 9.17) is 19.3 Å². The third-order valence-corrected chi connectivity index (χ3v) is 3.38. The summed E-state index contributed by atoms with van der Waals surface area (Å²) in [4.78, 5) is 25.2. The Labute approximate surface area is 142 Å². The lowest BCUT2D eigenvalue weighted by atomic mass is 10.1. The molecule has 1 aromatic carbocycles. The molecule has 134 valence electrons. The van der Waals surface area contributed by atoms with Crippen LogP contribution in [0.4, 0.5) is 0 Å². The fourth-order valence-electron chi connectivity index (χ4n) is 2.33. The maximum Gasteiger partial charge on any atom is 0.305 e. The normalized spacial score (nSPS) is 10.4. The quantitative estimate of drug-likeness (QED) is 0.743. The highest BCUT2D eigenvalue weighted by Crippen LogP contribution is 2.38. The maximum absolute atomic E-state index is 12.8. The van der Waals surface area contributed by atoms with Crippen LogP contribution in [0.2, 0.25) is 0 Å². The first-order valence-electron chi connectivity index (χ1n) is 7.65. The van der Waals surface area contributed by atoms with Crippen LogP contribution in [-0.4, -0.2) is 56.3 Å². The van der Waals surface area contributed by atoms with E-state index in [9.17, 15) is 9.59 Å². The van der Waals surface area contributed by atoms with Crippen LogP contribution in [0.1, 0.15) is 30.6 Å². The van der Waals surface area contributed by atoms with Crippen LogP contribution in [0, 0.1) is 5.92 Å². The number of carbonyl (C=O) groups excluding carboxylic acids is 1. The van der Waals surface area contributed by atoms with Crippen LogP contribution in [0.15, 0.2) is 12.1 Å². The Morgan fingerprint density at radius 2 is 1.62 bits per heavy atom. The largest absolute Gasteiger partial charge is 0.493 e. The summed E-state index contributed by atoms with van der Waals surface area (Å²) in [6.07, 6.45) is -0.108. The standard InChI is InChI=1S/C17H25NO6/c1-11(2)10-18(7-6-15(19)20)17(21)12-8-13(22-3)16(24-5)14(9-12)23-4/h8-9,11H,6-7,10H2,1-5H3,(H,19,20). The molecule has 0 aromatic heterocycles. The van der Waals surface area contributed by atoms with Crippen molar-refractivity contribution in [2.45, 2.75) is 20.3 Å². The number of carboxylic acids is 1. The molecular weight excluding hydrogens is 314 g/mol. The molecule has 0 unspecified atom stereocenters. The number of aliphatic carboxylic acids is 1. The van der Waals surface area contributed by atoms with Crippen LogP contribution in [-0.2, 0) is 4.79 Å². The molecule has 1 N–H and O–H groups in total.